The van der Waals surface area contributed by atoms with E-state index in [0.717, 1.165) is 116 Å². The molecule has 86 heavy (non-hydrogen) atoms. The predicted octanol–water partition coefficient (Wildman–Crippen LogP) is 20.0. The van der Waals surface area contributed by atoms with Crippen LogP contribution in [0.3, 0.4) is 0 Å². The molecule has 0 aromatic carbocycles. The van der Waals surface area contributed by atoms with Gasteiger partial charge in [-0.1, -0.05) is 335 Å². The molecule has 7 atom stereocenters. The zero-order chi connectivity index (χ0) is 62.1. The molecule has 9 nitrogen and oxygen atoms in total. The lowest BCUT2D eigenvalue weighted by atomic mass is 9.99. The number of carbonyl (C=O) groups is 1. The second kappa shape index (κ2) is 64.8. The van der Waals surface area contributed by atoms with Gasteiger partial charge in [-0.15, -0.1) is 0 Å². The molecular weight excluding hydrogens is 1070 g/mol. The lowest BCUT2D eigenvalue weighted by Gasteiger charge is -2.40. The third-order valence-electron chi connectivity index (χ3n) is 16.6. The van der Waals surface area contributed by atoms with Crippen LogP contribution in [-0.4, -0.2) is 87.5 Å². The van der Waals surface area contributed by atoms with E-state index >= 15 is 0 Å². The van der Waals surface area contributed by atoms with Gasteiger partial charge >= 0.3 is 0 Å². The number of allylic oxidation sites excluding steroid dienone is 17. The van der Waals surface area contributed by atoms with Crippen LogP contribution in [-0.2, 0) is 14.3 Å². The molecule has 0 aromatic rings. The highest BCUT2D eigenvalue weighted by molar-refractivity contribution is 5.76. The topological polar surface area (TPSA) is 149 Å². The van der Waals surface area contributed by atoms with Gasteiger partial charge in [-0.2, -0.15) is 0 Å². The third kappa shape index (κ3) is 52.8. The van der Waals surface area contributed by atoms with Crippen LogP contribution in [0.2, 0.25) is 0 Å². The van der Waals surface area contributed by atoms with Crippen molar-refractivity contribution in [3.63, 3.8) is 0 Å². The van der Waals surface area contributed by atoms with Crippen molar-refractivity contribution in [3.05, 3.63) is 109 Å². The summed E-state index contributed by atoms with van der Waals surface area (Å²) in [7, 11) is 0. The third-order valence-corrected chi connectivity index (χ3v) is 16.6. The number of hydrogen-bond acceptors (Lipinski definition) is 8. The van der Waals surface area contributed by atoms with E-state index in [1.807, 2.05) is 6.08 Å². The summed E-state index contributed by atoms with van der Waals surface area (Å²) in [5.74, 6) is -0.192. The zero-order valence-corrected chi connectivity index (χ0v) is 55.5. The second-order valence-electron chi connectivity index (χ2n) is 24.7. The van der Waals surface area contributed by atoms with E-state index in [-0.39, 0.29) is 12.5 Å². The second-order valence-corrected chi connectivity index (χ2v) is 24.7. The van der Waals surface area contributed by atoms with Crippen molar-refractivity contribution in [2.24, 2.45) is 0 Å². The number of aliphatic hydroxyl groups excluding tert-OH is 5. The summed E-state index contributed by atoms with van der Waals surface area (Å²) in [5.41, 5.74) is 0. The average Bonchev–Trinajstić information content (AvgIpc) is 3.59. The Morgan fingerprint density at radius 3 is 1.07 bits per heavy atom. The Morgan fingerprint density at radius 1 is 0.407 bits per heavy atom. The molecule has 0 aliphatic carbocycles. The number of hydrogen-bond donors (Lipinski definition) is 6. The van der Waals surface area contributed by atoms with Crippen LogP contribution >= 0.6 is 0 Å². The molecule has 1 rings (SSSR count). The standard InChI is InChI=1S/C77H135NO8/c1-3-5-7-9-11-13-15-17-19-21-23-25-27-29-31-33-35-37-38-40-42-44-46-48-50-52-54-56-58-60-62-64-66-71(80)70(69-85-77-76(84)75(83)74(82)72(68-79)86-77)78-73(81)67-65-63-61-59-57-55-53-51-49-47-45-43-41-39-36-34-32-30-28-26-24-22-20-18-16-14-12-10-8-6-4-2/h6,8,12,14,18,20,24,26,30,32,36,39,43,45,49,51,64,66,70-72,74-77,79-80,82-84H,3-5,7,9-11,13,15-17,19,21-23,25,27-29,31,33-35,37-38,40-42,44,46-48,50,52-63,65,67-69H2,1-2H3,(H,78,81)/b8-6-,14-12-,20-18-,26-24-,32-30-,39-36-,45-43-,51-49-,66-64+. The molecule has 0 radical (unpaired) electrons. The maximum atomic E-state index is 13.1. The lowest BCUT2D eigenvalue weighted by Crippen LogP contribution is -2.60. The van der Waals surface area contributed by atoms with E-state index in [1.54, 1.807) is 6.08 Å². The van der Waals surface area contributed by atoms with Gasteiger partial charge in [0, 0.05) is 6.42 Å². The molecule has 6 N–H and O–H groups in total. The Labute approximate surface area is 529 Å². The van der Waals surface area contributed by atoms with Crippen LogP contribution in [0, 0.1) is 0 Å². The minimum Gasteiger partial charge on any atom is -0.394 e. The predicted molar refractivity (Wildman–Crippen MR) is 368 cm³/mol. The molecule has 1 fully saturated rings. The summed E-state index contributed by atoms with van der Waals surface area (Å²) in [6, 6.07) is -0.823. The van der Waals surface area contributed by atoms with Crippen LogP contribution < -0.4 is 5.32 Å². The van der Waals surface area contributed by atoms with Crippen LogP contribution in [0.15, 0.2) is 109 Å². The first-order chi connectivity index (χ1) is 42.3. The number of carbonyl (C=O) groups excluding carboxylic acids is 1. The fourth-order valence-electron chi connectivity index (χ4n) is 11.0. The summed E-state index contributed by atoms with van der Waals surface area (Å²) in [6.07, 6.45) is 89.1. The molecule has 0 spiro atoms. The summed E-state index contributed by atoms with van der Waals surface area (Å²) >= 11 is 0. The molecule has 7 unspecified atom stereocenters. The molecule has 0 aromatic heterocycles. The van der Waals surface area contributed by atoms with E-state index in [2.05, 4.69) is 116 Å². The molecule has 1 aliphatic rings. The molecule has 0 saturated carbocycles. The Balaban J connectivity index is 2.16. The molecular formula is C77H135NO8. The Bertz CT molecular complexity index is 1730. The minimum absolute atomic E-state index is 0.192. The van der Waals surface area contributed by atoms with Gasteiger partial charge in [0.15, 0.2) is 6.29 Å². The Kier molecular flexibility index (Phi) is 61.0. The summed E-state index contributed by atoms with van der Waals surface area (Å²) in [6.45, 7) is 3.69. The van der Waals surface area contributed by atoms with Crippen molar-refractivity contribution in [1.29, 1.82) is 0 Å². The molecule has 9 heteroatoms. The van der Waals surface area contributed by atoms with Gasteiger partial charge in [-0.05, 0) is 83.5 Å². The Morgan fingerprint density at radius 2 is 0.721 bits per heavy atom. The monoisotopic (exact) mass is 1200 g/mol. The summed E-state index contributed by atoms with van der Waals surface area (Å²) in [5, 5.41) is 54.8. The normalized spacial score (nSPS) is 18.7. The van der Waals surface area contributed by atoms with Gasteiger partial charge in [0.1, 0.15) is 24.4 Å². The van der Waals surface area contributed by atoms with Gasteiger partial charge in [0.25, 0.3) is 0 Å². The van der Waals surface area contributed by atoms with Crippen molar-refractivity contribution in [3.8, 4) is 0 Å². The molecule has 1 saturated heterocycles. The van der Waals surface area contributed by atoms with Crippen LogP contribution in [0.5, 0.6) is 0 Å². The molecule has 496 valence electrons. The van der Waals surface area contributed by atoms with Gasteiger partial charge in [0.2, 0.25) is 5.91 Å². The average molecular weight is 1200 g/mol. The SMILES string of the molecule is CC/C=C\C/C=C\C/C=C\C/C=C\C/C=C\C/C=C\C/C=C\C/C=C\CCCCCCCCC(=O)NC(COC1OC(CO)C(O)C(O)C1O)C(O)/C=C/CCCCCCCCCCCCCCCCCCCCCCCCCCCCCCCC. The number of unbranched alkanes of at least 4 members (excludes halogenated alkanes) is 36. The van der Waals surface area contributed by atoms with Crippen LogP contribution in [0.25, 0.3) is 0 Å². The molecule has 1 amide bonds. The number of nitrogens with one attached hydrogen (secondary N) is 1. The quantitative estimate of drug-likeness (QED) is 0.0261. The van der Waals surface area contributed by atoms with Crippen LogP contribution in [0.4, 0.5) is 0 Å². The van der Waals surface area contributed by atoms with Crippen molar-refractivity contribution >= 4 is 5.91 Å². The minimum atomic E-state index is -1.58. The summed E-state index contributed by atoms with van der Waals surface area (Å²) < 4.78 is 11.3. The van der Waals surface area contributed by atoms with E-state index in [1.165, 1.54) is 180 Å². The maximum Gasteiger partial charge on any atom is 0.220 e. The largest absolute Gasteiger partial charge is 0.394 e. The first-order valence-corrected chi connectivity index (χ1v) is 36.1. The maximum absolute atomic E-state index is 13.1. The van der Waals surface area contributed by atoms with Crippen LogP contribution in [0.1, 0.15) is 316 Å². The summed E-state index contributed by atoms with van der Waals surface area (Å²) in [4.78, 5) is 13.1. The smallest absolute Gasteiger partial charge is 0.220 e. The van der Waals surface area contributed by atoms with Gasteiger partial charge in [-0.3, -0.25) is 4.79 Å². The number of rotatable bonds is 62. The van der Waals surface area contributed by atoms with Gasteiger partial charge in [-0.25, -0.2) is 0 Å². The van der Waals surface area contributed by atoms with E-state index in [4.69, 9.17) is 9.47 Å². The zero-order valence-electron chi connectivity index (χ0n) is 55.5. The van der Waals surface area contributed by atoms with Gasteiger partial charge < -0.3 is 40.3 Å². The Hall–Kier alpha value is -3.15. The first kappa shape index (κ1) is 80.9. The number of ether oxygens (including phenoxy) is 2. The molecule has 1 aliphatic heterocycles. The van der Waals surface area contributed by atoms with E-state index < -0.39 is 49.5 Å². The molecule has 0 bridgehead atoms. The van der Waals surface area contributed by atoms with Crippen molar-refractivity contribution in [1.82, 2.24) is 5.32 Å². The van der Waals surface area contributed by atoms with Crippen molar-refractivity contribution < 1.29 is 39.8 Å². The highest BCUT2D eigenvalue weighted by atomic mass is 16.7. The first-order valence-electron chi connectivity index (χ1n) is 36.1. The number of aliphatic hydroxyl groups is 5. The van der Waals surface area contributed by atoms with E-state index in [9.17, 15) is 30.3 Å². The fraction of sp³-hybridized carbons (Fsp3) is 0.753. The highest BCUT2D eigenvalue weighted by Gasteiger charge is 2.44. The fourth-order valence-corrected chi connectivity index (χ4v) is 11.0. The molecule has 1 heterocycles. The van der Waals surface area contributed by atoms with E-state index in [0.29, 0.717) is 6.42 Å². The lowest BCUT2D eigenvalue weighted by molar-refractivity contribution is -0.302. The number of amides is 1. The highest BCUT2D eigenvalue weighted by Crippen LogP contribution is 2.23. The van der Waals surface area contributed by atoms with Crippen molar-refractivity contribution in [2.75, 3.05) is 13.2 Å². The van der Waals surface area contributed by atoms with Crippen molar-refractivity contribution in [2.45, 2.75) is 358 Å². The van der Waals surface area contributed by atoms with Gasteiger partial charge in [0.05, 0.1) is 25.4 Å².